The lowest BCUT2D eigenvalue weighted by Gasteiger charge is -2.34. The molecule has 2 atom stereocenters. The molecule has 0 saturated heterocycles. The molecule has 2 amide bonds. The Kier molecular flexibility index (Phi) is 13.4. The van der Waals surface area contributed by atoms with Crippen molar-refractivity contribution in [3.8, 4) is 5.75 Å². The van der Waals surface area contributed by atoms with E-state index in [0.29, 0.717) is 23.8 Å². The average Bonchev–Trinajstić information content (AvgIpc) is 3.10. The number of hydrogen-bond donors (Lipinski definition) is 1. The first-order valence-electron chi connectivity index (χ1n) is 15.8. The summed E-state index contributed by atoms with van der Waals surface area (Å²) in [5.74, 6) is -0.287. The molecule has 4 aromatic carbocycles. The molecule has 254 valence electrons. The summed E-state index contributed by atoms with van der Waals surface area (Å²) in [5.41, 5.74) is 1.89. The Morgan fingerprint density at radius 2 is 1.52 bits per heavy atom. The van der Waals surface area contributed by atoms with Crippen LogP contribution in [0.4, 0.5) is 5.69 Å². The van der Waals surface area contributed by atoms with E-state index in [9.17, 15) is 18.0 Å². The smallest absolute Gasteiger partial charge is 0.264 e. The molecular weight excluding hydrogens is 666 g/mol. The van der Waals surface area contributed by atoms with Crippen LogP contribution in [0.1, 0.15) is 38.3 Å². The van der Waals surface area contributed by atoms with Crippen molar-refractivity contribution in [3.63, 3.8) is 0 Å². The Morgan fingerprint density at radius 1 is 0.875 bits per heavy atom. The van der Waals surface area contributed by atoms with Crippen LogP contribution in [-0.2, 0) is 32.6 Å². The van der Waals surface area contributed by atoms with E-state index in [2.05, 4.69) is 5.32 Å². The molecule has 4 aromatic rings. The molecular formula is C37H42ClN3O5S2. The van der Waals surface area contributed by atoms with Gasteiger partial charge in [0, 0.05) is 28.9 Å². The number of ether oxygens (including phenoxy) is 1. The number of rotatable bonds is 16. The second-order valence-electron chi connectivity index (χ2n) is 11.3. The number of nitrogens with one attached hydrogen (secondary N) is 1. The molecule has 0 spiro atoms. The minimum Gasteiger partial charge on any atom is -0.494 e. The average molecular weight is 708 g/mol. The molecule has 0 radical (unpaired) electrons. The van der Waals surface area contributed by atoms with Gasteiger partial charge in [-0.15, -0.1) is 11.8 Å². The van der Waals surface area contributed by atoms with Crippen molar-refractivity contribution >= 4 is 50.9 Å². The molecule has 0 bridgehead atoms. The quantitative estimate of drug-likeness (QED) is 0.124. The van der Waals surface area contributed by atoms with E-state index in [4.69, 9.17) is 16.3 Å². The molecule has 0 aromatic heterocycles. The van der Waals surface area contributed by atoms with Crippen LogP contribution in [-0.4, -0.2) is 56.6 Å². The Hall–Kier alpha value is -3.99. The number of sulfonamides is 1. The van der Waals surface area contributed by atoms with Gasteiger partial charge in [-0.1, -0.05) is 61.0 Å². The van der Waals surface area contributed by atoms with Crippen LogP contribution in [0.5, 0.6) is 5.75 Å². The molecule has 48 heavy (non-hydrogen) atoms. The third-order valence-corrected chi connectivity index (χ3v) is 10.7. The number of hydrogen-bond acceptors (Lipinski definition) is 6. The first kappa shape index (κ1) is 36.8. The SMILES string of the molecule is CCOc1ccc(N(CC(=O)N(Cc2ccc(Cl)cc2)[C@H](Cc2ccccc2)C(=O)N[C@H](C)CC)S(=O)(=O)c2ccc(SC)cc2)cc1. The van der Waals surface area contributed by atoms with Gasteiger partial charge in [0.05, 0.1) is 17.2 Å². The van der Waals surface area contributed by atoms with Crippen LogP contribution in [0.15, 0.2) is 113 Å². The number of halogens is 1. The van der Waals surface area contributed by atoms with Gasteiger partial charge in [0.1, 0.15) is 18.3 Å². The predicted molar refractivity (Wildman–Crippen MR) is 194 cm³/mol. The van der Waals surface area contributed by atoms with Crippen molar-refractivity contribution < 1.29 is 22.7 Å². The van der Waals surface area contributed by atoms with E-state index < -0.39 is 28.5 Å². The second-order valence-corrected chi connectivity index (χ2v) is 14.5. The van der Waals surface area contributed by atoms with Gasteiger partial charge in [0.25, 0.3) is 10.0 Å². The number of nitrogens with zero attached hydrogens (tertiary/aromatic N) is 2. The van der Waals surface area contributed by atoms with E-state index >= 15 is 0 Å². The number of carbonyl (C=O) groups excluding carboxylic acids is 2. The van der Waals surface area contributed by atoms with E-state index in [-0.39, 0.29) is 35.5 Å². The number of carbonyl (C=O) groups is 2. The monoisotopic (exact) mass is 707 g/mol. The third-order valence-electron chi connectivity index (χ3n) is 7.90. The van der Waals surface area contributed by atoms with Crippen molar-refractivity contribution in [1.29, 1.82) is 0 Å². The maximum Gasteiger partial charge on any atom is 0.264 e. The van der Waals surface area contributed by atoms with Crippen LogP contribution in [0.3, 0.4) is 0 Å². The van der Waals surface area contributed by atoms with Crippen molar-refractivity contribution in [3.05, 3.63) is 119 Å². The zero-order chi connectivity index (χ0) is 34.7. The van der Waals surface area contributed by atoms with Crippen molar-refractivity contribution in [2.24, 2.45) is 0 Å². The Morgan fingerprint density at radius 3 is 2.10 bits per heavy atom. The molecule has 0 unspecified atom stereocenters. The lowest BCUT2D eigenvalue weighted by molar-refractivity contribution is -0.140. The fourth-order valence-electron chi connectivity index (χ4n) is 5.06. The number of benzene rings is 4. The lowest BCUT2D eigenvalue weighted by atomic mass is 10.0. The Balaban J connectivity index is 1.80. The van der Waals surface area contributed by atoms with Gasteiger partial charge in [0.15, 0.2) is 0 Å². The van der Waals surface area contributed by atoms with Crippen LogP contribution >= 0.6 is 23.4 Å². The number of amides is 2. The van der Waals surface area contributed by atoms with Crippen LogP contribution in [0, 0.1) is 0 Å². The van der Waals surface area contributed by atoms with E-state index in [1.54, 1.807) is 60.7 Å². The summed E-state index contributed by atoms with van der Waals surface area (Å²) < 4.78 is 35.3. The maximum atomic E-state index is 14.6. The summed E-state index contributed by atoms with van der Waals surface area (Å²) in [7, 11) is -4.22. The lowest BCUT2D eigenvalue weighted by Crippen LogP contribution is -2.54. The minimum atomic E-state index is -4.22. The second kappa shape index (κ2) is 17.4. The molecule has 0 fully saturated rings. The summed E-state index contributed by atoms with van der Waals surface area (Å²) >= 11 is 7.67. The van der Waals surface area contributed by atoms with Gasteiger partial charge in [-0.05, 0) is 98.3 Å². The minimum absolute atomic E-state index is 0.0431. The van der Waals surface area contributed by atoms with Gasteiger partial charge in [-0.25, -0.2) is 8.42 Å². The summed E-state index contributed by atoms with van der Waals surface area (Å²) in [6.07, 6.45) is 2.84. The Bertz CT molecular complexity index is 1740. The molecule has 0 saturated carbocycles. The summed E-state index contributed by atoms with van der Waals surface area (Å²) in [6, 6.07) is 28.6. The highest BCUT2D eigenvalue weighted by molar-refractivity contribution is 7.98. The molecule has 0 aliphatic heterocycles. The van der Waals surface area contributed by atoms with E-state index in [1.807, 2.05) is 57.4 Å². The van der Waals surface area contributed by atoms with Crippen LogP contribution in [0.25, 0.3) is 0 Å². The van der Waals surface area contributed by atoms with E-state index in [1.165, 1.54) is 28.8 Å². The molecule has 0 aliphatic carbocycles. The van der Waals surface area contributed by atoms with Gasteiger partial charge in [0.2, 0.25) is 11.8 Å². The molecule has 11 heteroatoms. The number of thioether (sulfide) groups is 1. The fourth-order valence-corrected chi connectivity index (χ4v) is 7.01. The zero-order valence-corrected chi connectivity index (χ0v) is 30.0. The maximum absolute atomic E-state index is 14.6. The van der Waals surface area contributed by atoms with Gasteiger partial charge in [-0.2, -0.15) is 0 Å². The van der Waals surface area contributed by atoms with Crippen molar-refractivity contribution in [2.45, 2.75) is 62.0 Å². The van der Waals surface area contributed by atoms with Gasteiger partial charge < -0.3 is 15.0 Å². The molecule has 1 N–H and O–H groups in total. The van der Waals surface area contributed by atoms with Gasteiger partial charge >= 0.3 is 0 Å². The molecule has 0 heterocycles. The van der Waals surface area contributed by atoms with Crippen molar-refractivity contribution in [2.75, 3.05) is 23.7 Å². The highest BCUT2D eigenvalue weighted by Crippen LogP contribution is 2.28. The first-order valence-corrected chi connectivity index (χ1v) is 18.9. The summed E-state index contributed by atoms with van der Waals surface area (Å²) in [6.45, 7) is 5.70. The fraction of sp³-hybridized carbons (Fsp3) is 0.297. The highest BCUT2D eigenvalue weighted by atomic mass is 35.5. The zero-order valence-electron chi connectivity index (χ0n) is 27.6. The standard InChI is InChI=1S/C37H42ClN3O5S2/c1-5-27(3)39-37(43)35(24-28-10-8-7-9-11-28)40(25-29-12-14-30(38)15-13-29)36(42)26-41(31-16-18-32(19-17-31)46-6-2)48(44,45)34-22-20-33(47-4)21-23-34/h7-23,27,35H,5-6,24-26H2,1-4H3,(H,39,43)/t27-,35-/m1/s1. The summed E-state index contributed by atoms with van der Waals surface area (Å²) in [4.78, 5) is 31.0. The molecule has 8 nitrogen and oxygen atoms in total. The molecule has 4 rings (SSSR count). The largest absolute Gasteiger partial charge is 0.494 e. The first-order chi connectivity index (χ1) is 23.0. The number of anilines is 1. The third kappa shape index (κ3) is 9.78. The van der Waals surface area contributed by atoms with Crippen molar-refractivity contribution in [1.82, 2.24) is 10.2 Å². The highest BCUT2D eigenvalue weighted by Gasteiger charge is 2.35. The summed E-state index contributed by atoms with van der Waals surface area (Å²) in [5, 5.41) is 3.58. The molecule has 0 aliphatic rings. The normalized spacial score (nSPS) is 12.5. The Labute approximate surface area is 293 Å². The van der Waals surface area contributed by atoms with E-state index in [0.717, 1.165) is 20.3 Å². The topological polar surface area (TPSA) is 96.0 Å². The van der Waals surface area contributed by atoms with Crippen LogP contribution < -0.4 is 14.4 Å². The predicted octanol–water partition coefficient (Wildman–Crippen LogP) is 7.21. The van der Waals surface area contributed by atoms with Gasteiger partial charge in [-0.3, -0.25) is 13.9 Å². The van der Waals surface area contributed by atoms with Crippen LogP contribution in [0.2, 0.25) is 5.02 Å².